The molecule has 0 radical (unpaired) electrons. The minimum atomic E-state index is -4.49. The van der Waals surface area contributed by atoms with Gasteiger partial charge < -0.3 is 24.8 Å². The van der Waals surface area contributed by atoms with Crippen LogP contribution in [0.4, 0.5) is 26.3 Å². The standard InChI is InChI=1S/C25H25.C15H8F6.C10H15.2ClH.Zr/c1-14-12-24(3,4)22-8-16-7-17-9-23-19(15(2)13-25(23,5)6)11-21(17)20(16)10-18(14)22;16-14(17,18)12-5-1-3-10(8-12)7-11-4-2-6-13(9-11)15(19,20)21;1-8-5-6-9(7-8)10(2,3)4;;;/h8-12H,7H2,1-6H3;1-6,8-9H;5-7H,1-4H3;2*1H;/q-1;;-1;;;+2/p-2. The summed E-state index contributed by atoms with van der Waals surface area (Å²) in [6.07, 6.45) is -1.84. The molecule has 8 rings (SSSR count). The van der Waals surface area contributed by atoms with Crippen molar-refractivity contribution < 1.29 is 75.4 Å². The van der Waals surface area contributed by atoms with Crippen LogP contribution in [0.25, 0.3) is 22.3 Å². The largest absolute Gasteiger partial charge is 1.00 e. The van der Waals surface area contributed by atoms with Crippen molar-refractivity contribution in [1.82, 2.24) is 0 Å². The van der Waals surface area contributed by atoms with Gasteiger partial charge in [0.25, 0.3) is 0 Å². The zero-order chi connectivity index (χ0) is 42.0. The molecule has 9 heteroatoms. The van der Waals surface area contributed by atoms with Crippen molar-refractivity contribution in [3.8, 4) is 11.1 Å². The van der Waals surface area contributed by atoms with Gasteiger partial charge in [-0.25, -0.2) is 11.6 Å². The molecule has 0 saturated heterocycles. The van der Waals surface area contributed by atoms with Crippen LogP contribution in [0.3, 0.4) is 0 Å². The maximum absolute atomic E-state index is 12.7. The van der Waals surface area contributed by atoms with Crippen molar-refractivity contribution in [2.24, 2.45) is 0 Å². The summed E-state index contributed by atoms with van der Waals surface area (Å²) in [6.45, 7) is 22.5. The van der Waals surface area contributed by atoms with Crippen LogP contribution in [0.15, 0.2) is 97.1 Å². The molecule has 0 aliphatic heterocycles. The summed E-state index contributed by atoms with van der Waals surface area (Å²) in [5.74, 6) is 0. The van der Waals surface area contributed by atoms with Crippen molar-refractivity contribution in [1.29, 1.82) is 0 Å². The first-order valence-electron chi connectivity index (χ1n) is 19.1. The van der Waals surface area contributed by atoms with Crippen molar-refractivity contribution in [3.05, 3.63) is 170 Å². The molecule has 0 heterocycles. The van der Waals surface area contributed by atoms with E-state index in [-0.39, 0.29) is 46.8 Å². The number of benzene rings is 4. The summed E-state index contributed by atoms with van der Waals surface area (Å²) in [6, 6.07) is 25.6. The molecule has 5 aromatic rings. The molecule has 59 heavy (non-hydrogen) atoms. The number of aryl methyl sites for hydroxylation is 1. The number of rotatable bonds is 2. The minimum Gasteiger partial charge on any atom is -1.00 e. The van der Waals surface area contributed by atoms with Crippen LogP contribution in [0.5, 0.6) is 0 Å². The Bertz CT molecular complexity index is 2310. The number of alkyl halides is 6. The molecular weight excluding hydrogens is 877 g/mol. The second-order valence-corrected chi connectivity index (χ2v) is 18.9. The number of hydrogen-bond acceptors (Lipinski definition) is 0. The maximum atomic E-state index is 12.7. The fraction of sp³-hybridized carbons (Fsp3) is 0.320. The van der Waals surface area contributed by atoms with E-state index in [4.69, 9.17) is 0 Å². The van der Waals surface area contributed by atoms with Crippen molar-refractivity contribution in [3.63, 3.8) is 0 Å². The summed E-state index contributed by atoms with van der Waals surface area (Å²) in [4.78, 5) is 0. The van der Waals surface area contributed by atoms with E-state index in [1.165, 1.54) is 91.0 Å². The van der Waals surface area contributed by atoms with Gasteiger partial charge in [-0.1, -0.05) is 91.4 Å². The van der Waals surface area contributed by atoms with Gasteiger partial charge in [0.05, 0.1) is 0 Å². The third kappa shape index (κ3) is 10.2. The molecule has 0 spiro atoms. The van der Waals surface area contributed by atoms with Crippen LogP contribution in [0.2, 0.25) is 0 Å². The normalized spacial score (nSPS) is 15.4. The van der Waals surface area contributed by atoms with E-state index in [1.54, 1.807) is 0 Å². The summed E-state index contributed by atoms with van der Waals surface area (Å²) in [5, 5.41) is 0. The Morgan fingerprint density at radius 2 is 1.14 bits per heavy atom. The van der Waals surface area contributed by atoms with Gasteiger partial charge in [-0.3, -0.25) is 6.08 Å². The Balaban J connectivity index is 0.000000208. The van der Waals surface area contributed by atoms with Gasteiger partial charge in [0.15, 0.2) is 0 Å². The average Bonchev–Trinajstić information content (AvgIpc) is 3.83. The number of allylic oxidation sites excluding steroid dienone is 4. The second-order valence-electron chi connectivity index (χ2n) is 17.7. The molecule has 0 atom stereocenters. The molecule has 5 aromatic carbocycles. The first-order valence-corrected chi connectivity index (χ1v) is 20.3. The summed E-state index contributed by atoms with van der Waals surface area (Å²) < 4.78 is 76.7. The van der Waals surface area contributed by atoms with E-state index in [0.29, 0.717) is 8.62 Å². The topological polar surface area (TPSA) is 0 Å². The van der Waals surface area contributed by atoms with E-state index in [9.17, 15) is 26.3 Å². The molecule has 310 valence electrons. The van der Waals surface area contributed by atoms with Gasteiger partial charge >= 0.3 is 137 Å². The quantitative estimate of drug-likeness (QED) is 0.121. The van der Waals surface area contributed by atoms with Crippen LogP contribution < -0.4 is 24.8 Å². The van der Waals surface area contributed by atoms with Crippen molar-refractivity contribution in [2.75, 3.05) is 0 Å². The van der Waals surface area contributed by atoms with Gasteiger partial charge in [-0.05, 0) is 58.4 Å². The van der Waals surface area contributed by atoms with E-state index in [1.807, 2.05) is 0 Å². The van der Waals surface area contributed by atoms with Gasteiger partial charge in [0.2, 0.25) is 0 Å². The van der Waals surface area contributed by atoms with E-state index in [2.05, 4.69) is 124 Å². The number of halogens is 8. The Hall–Kier alpha value is -3.38. The van der Waals surface area contributed by atoms with Crippen LogP contribution in [0.1, 0.15) is 129 Å². The number of fused-ring (bicyclic) bond motifs is 5. The molecule has 0 N–H and O–H groups in total. The van der Waals surface area contributed by atoms with E-state index < -0.39 is 23.5 Å². The van der Waals surface area contributed by atoms with Gasteiger partial charge in [-0.2, -0.15) is 28.8 Å². The molecule has 0 fully saturated rings. The Kier molecular flexibility index (Phi) is 14.1. The molecule has 0 nitrogen and oxygen atoms in total. The summed E-state index contributed by atoms with van der Waals surface area (Å²) >= 11 is 0.729. The average molecular weight is 925 g/mol. The SMILES string of the molecule is CC1=[C-]C(C)(C)c2cc3c(cc21)-c1cc2c(cc1C3)C(C)(C)C=C2C.Cc1cc(C(C)(C)C)c[cH-]1.FC(F)(F)c1cccc([C](=[Zr+2])c2cccc(C(F)(F)F)c2)c1.[Cl-].[Cl-]. The van der Waals surface area contributed by atoms with Gasteiger partial charge in [0.1, 0.15) is 0 Å². The summed E-state index contributed by atoms with van der Waals surface area (Å²) in [7, 11) is 0. The zero-order valence-corrected chi connectivity index (χ0v) is 38.9. The van der Waals surface area contributed by atoms with Crippen molar-refractivity contribution >= 4 is 14.4 Å². The molecule has 0 bridgehead atoms. The first kappa shape index (κ1) is 48.3. The van der Waals surface area contributed by atoms with E-state index >= 15 is 0 Å². The fourth-order valence-electron chi connectivity index (χ4n) is 8.17. The van der Waals surface area contributed by atoms with Gasteiger partial charge in [-0.15, -0.1) is 11.6 Å². The molecule has 0 unspecified atom stereocenters. The molecule has 3 aliphatic carbocycles. The van der Waals surface area contributed by atoms with Gasteiger partial charge in [0, 0.05) is 5.41 Å². The Morgan fingerprint density at radius 1 is 0.644 bits per heavy atom. The predicted molar refractivity (Wildman–Crippen MR) is 218 cm³/mol. The van der Waals surface area contributed by atoms with Crippen LogP contribution in [-0.2, 0) is 59.3 Å². The Morgan fingerprint density at radius 3 is 1.58 bits per heavy atom. The fourth-order valence-corrected chi connectivity index (χ4v) is 8.94. The molecular formula is C50H48Cl2F6Zr-2. The molecule has 0 saturated carbocycles. The van der Waals surface area contributed by atoms with Crippen molar-refractivity contribution in [2.45, 2.75) is 104 Å². The Labute approximate surface area is 372 Å². The van der Waals surface area contributed by atoms with Crippen LogP contribution in [0, 0.1) is 13.0 Å². The smallest absolute Gasteiger partial charge is 1.00 e. The zero-order valence-electron chi connectivity index (χ0n) is 35.0. The van der Waals surface area contributed by atoms with E-state index in [0.717, 1.165) is 54.9 Å². The third-order valence-corrected chi connectivity index (χ3v) is 12.6. The van der Waals surface area contributed by atoms with Crippen LogP contribution >= 0.6 is 0 Å². The number of hydrogen-bond donors (Lipinski definition) is 0. The molecule has 3 aliphatic rings. The monoisotopic (exact) mass is 922 g/mol. The minimum absolute atomic E-state index is 0. The molecule has 0 amide bonds. The third-order valence-electron chi connectivity index (χ3n) is 11.2. The van der Waals surface area contributed by atoms with Crippen LogP contribution in [-0.4, -0.2) is 3.21 Å². The second kappa shape index (κ2) is 17.2. The predicted octanol–water partition coefficient (Wildman–Crippen LogP) is 8.31. The maximum Gasteiger partial charge on any atom is -1.00 e. The summed E-state index contributed by atoms with van der Waals surface area (Å²) in [5.41, 5.74) is 16.6. The molecule has 0 aromatic heterocycles. The first-order chi connectivity index (χ1) is 26.3.